The fourth-order valence-electron chi connectivity index (χ4n) is 3.46. The molecule has 1 aliphatic rings. The average Bonchev–Trinajstić information content (AvgIpc) is 2.87. The summed E-state index contributed by atoms with van der Waals surface area (Å²) < 4.78 is 5.34. The van der Waals surface area contributed by atoms with Crippen LogP contribution in [0.25, 0.3) is 0 Å². The summed E-state index contributed by atoms with van der Waals surface area (Å²) in [5, 5.41) is 28.5. The molecule has 148 valence electrons. The van der Waals surface area contributed by atoms with Gasteiger partial charge in [-0.2, -0.15) is 0 Å². The van der Waals surface area contributed by atoms with Gasteiger partial charge in [0, 0.05) is 12.8 Å². The summed E-state index contributed by atoms with van der Waals surface area (Å²) in [7, 11) is 0. The summed E-state index contributed by atoms with van der Waals surface area (Å²) in [5.74, 6) is 0.0609. The molecule has 4 atom stereocenters. The number of Topliss-reactive ketones (excluding diaryl/α,β-unsaturated/α-hetero) is 1. The smallest absolute Gasteiger partial charge is 0.135 e. The van der Waals surface area contributed by atoms with Crippen LogP contribution in [-0.4, -0.2) is 52.1 Å². The molecule has 0 spiro atoms. The van der Waals surface area contributed by atoms with Crippen molar-refractivity contribution in [3.8, 4) is 0 Å². The van der Waals surface area contributed by atoms with Gasteiger partial charge in [-0.25, -0.2) is 0 Å². The Hall–Kier alpha value is -0.490. The molecule has 0 aliphatic carbocycles. The monoisotopic (exact) mass is 358 g/mol. The van der Waals surface area contributed by atoms with Gasteiger partial charge in [-0.1, -0.05) is 71.1 Å². The maximum atomic E-state index is 12.0. The molecule has 5 nitrogen and oxygen atoms in total. The zero-order chi connectivity index (χ0) is 18.5. The fraction of sp³-hybridized carbons (Fsp3) is 0.950. The Bertz CT molecular complexity index is 347. The largest absolute Gasteiger partial charge is 0.394 e. The van der Waals surface area contributed by atoms with Crippen LogP contribution in [0.15, 0.2) is 0 Å². The normalized spacial score (nSPS) is 26.2. The van der Waals surface area contributed by atoms with Crippen LogP contribution >= 0.6 is 0 Å². The van der Waals surface area contributed by atoms with Gasteiger partial charge in [-0.3, -0.25) is 4.79 Å². The third kappa shape index (κ3) is 9.13. The number of rotatable bonds is 15. The number of hydrogen-bond donors (Lipinski definition) is 3. The first-order valence-corrected chi connectivity index (χ1v) is 10.2. The third-order valence-corrected chi connectivity index (χ3v) is 5.13. The van der Waals surface area contributed by atoms with Crippen LogP contribution in [0.1, 0.15) is 90.4 Å². The minimum Gasteiger partial charge on any atom is -0.394 e. The van der Waals surface area contributed by atoms with Gasteiger partial charge in [0.2, 0.25) is 0 Å². The van der Waals surface area contributed by atoms with Crippen LogP contribution < -0.4 is 0 Å². The SMILES string of the molecule is CCCCCCCCCCCCCC(=O)C[C@H]1O[C@H](CO)[C@H](O)[C@H]1O. The van der Waals surface area contributed by atoms with E-state index >= 15 is 0 Å². The molecule has 5 heteroatoms. The summed E-state index contributed by atoms with van der Waals surface area (Å²) >= 11 is 0. The highest BCUT2D eigenvalue weighted by Crippen LogP contribution is 2.24. The Balaban J connectivity index is 1.96. The summed E-state index contributed by atoms with van der Waals surface area (Å²) in [6.45, 7) is 1.89. The van der Waals surface area contributed by atoms with E-state index in [0.29, 0.717) is 6.42 Å². The van der Waals surface area contributed by atoms with E-state index in [1.807, 2.05) is 0 Å². The van der Waals surface area contributed by atoms with E-state index in [-0.39, 0.29) is 18.8 Å². The lowest BCUT2D eigenvalue weighted by Gasteiger charge is -2.13. The van der Waals surface area contributed by atoms with Gasteiger partial charge in [0.1, 0.15) is 24.1 Å². The summed E-state index contributed by atoms with van der Waals surface area (Å²) in [5.41, 5.74) is 0. The van der Waals surface area contributed by atoms with Crippen molar-refractivity contribution in [3.63, 3.8) is 0 Å². The number of ether oxygens (including phenoxy) is 1. The van der Waals surface area contributed by atoms with Gasteiger partial charge < -0.3 is 20.1 Å². The molecule has 0 aromatic rings. The number of hydrogen-bond acceptors (Lipinski definition) is 5. The quantitative estimate of drug-likeness (QED) is 0.392. The first-order valence-electron chi connectivity index (χ1n) is 10.2. The number of carbonyl (C=O) groups excluding carboxylic acids is 1. The van der Waals surface area contributed by atoms with Crippen LogP contribution in [0.3, 0.4) is 0 Å². The van der Waals surface area contributed by atoms with Gasteiger partial charge in [0.25, 0.3) is 0 Å². The van der Waals surface area contributed by atoms with Crippen molar-refractivity contribution in [2.45, 2.75) is 115 Å². The van der Waals surface area contributed by atoms with Gasteiger partial charge >= 0.3 is 0 Å². The van der Waals surface area contributed by atoms with E-state index in [0.717, 1.165) is 12.8 Å². The number of carbonyl (C=O) groups is 1. The Morgan fingerprint density at radius 1 is 0.800 bits per heavy atom. The Morgan fingerprint density at radius 3 is 1.76 bits per heavy atom. The zero-order valence-corrected chi connectivity index (χ0v) is 15.9. The highest BCUT2D eigenvalue weighted by Gasteiger charge is 2.42. The van der Waals surface area contributed by atoms with Crippen molar-refractivity contribution in [2.24, 2.45) is 0 Å². The van der Waals surface area contributed by atoms with E-state index < -0.39 is 24.4 Å². The van der Waals surface area contributed by atoms with Crippen molar-refractivity contribution < 1.29 is 24.9 Å². The Morgan fingerprint density at radius 2 is 1.28 bits per heavy atom. The molecule has 0 radical (unpaired) electrons. The number of aliphatic hydroxyl groups excluding tert-OH is 3. The Labute approximate surface area is 152 Å². The lowest BCUT2D eigenvalue weighted by Crippen LogP contribution is -2.34. The lowest BCUT2D eigenvalue weighted by molar-refractivity contribution is -0.123. The molecular formula is C20H38O5. The van der Waals surface area contributed by atoms with E-state index in [2.05, 4.69) is 6.92 Å². The van der Waals surface area contributed by atoms with Crippen molar-refractivity contribution in [1.82, 2.24) is 0 Å². The fourth-order valence-corrected chi connectivity index (χ4v) is 3.46. The topological polar surface area (TPSA) is 87.0 Å². The maximum absolute atomic E-state index is 12.0. The average molecular weight is 359 g/mol. The molecule has 0 unspecified atom stereocenters. The highest BCUT2D eigenvalue weighted by molar-refractivity contribution is 5.79. The molecule has 0 saturated carbocycles. The summed E-state index contributed by atoms with van der Waals surface area (Å²) in [4.78, 5) is 12.0. The van der Waals surface area contributed by atoms with Crippen molar-refractivity contribution in [3.05, 3.63) is 0 Å². The van der Waals surface area contributed by atoms with Crippen molar-refractivity contribution >= 4 is 5.78 Å². The standard InChI is InChI=1S/C20H38O5/c1-2-3-4-5-6-7-8-9-10-11-12-13-16(22)14-17-19(23)20(24)18(15-21)25-17/h17-21,23-24H,2-15H2,1H3/t17-,18-,19+,20+/m1/s1. The van der Waals surface area contributed by atoms with Crippen molar-refractivity contribution in [1.29, 1.82) is 0 Å². The van der Waals surface area contributed by atoms with Crippen molar-refractivity contribution in [2.75, 3.05) is 6.61 Å². The van der Waals surface area contributed by atoms with Crippen LogP contribution in [0.4, 0.5) is 0 Å². The van der Waals surface area contributed by atoms with Gasteiger partial charge in [-0.15, -0.1) is 0 Å². The minimum atomic E-state index is -1.11. The number of ketones is 1. The predicted octanol–water partition coefficient (Wildman–Crippen LogP) is 3.13. The summed E-state index contributed by atoms with van der Waals surface area (Å²) in [6.07, 6.45) is 10.7. The second-order valence-electron chi connectivity index (χ2n) is 7.41. The molecule has 0 aromatic carbocycles. The lowest BCUT2D eigenvalue weighted by atomic mass is 10.0. The van der Waals surface area contributed by atoms with Crippen LogP contribution in [0.5, 0.6) is 0 Å². The first kappa shape index (κ1) is 22.6. The van der Waals surface area contributed by atoms with E-state index in [1.165, 1.54) is 57.8 Å². The molecule has 1 heterocycles. The van der Waals surface area contributed by atoms with Gasteiger partial charge in [0.05, 0.1) is 12.7 Å². The molecule has 1 rings (SSSR count). The molecule has 0 bridgehead atoms. The molecule has 1 fully saturated rings. The Kier molecular flexibility index (Phi) is 12.3. The minimum absolute atomic E-state index is 0.0609. The predicted molar refractivity (Wildman–Crippen MR) is 98.5 cm³/mol. The zero-order valence-electron chi connectivity index (χ0n) is 15.9. The van der Waals surface area contributed by atoms with Gasteiger partial charge in [0.15, 0.2) is 0 Å². The highest BCUT2D eigenvalue weighted by atomic mass is 16.6. The summed E-state index contributed by atoms with van der Waals surface area (Å²) in [6, 6.07) is 0. The molecule has 3 N–H and O–H groups in total. The molecule has 0 aromatic heterocycles. The first-order chi connectivity index (χ1) is 12.1. The molecule has 1 aliphatic heterocycles. The van der Waals surface area contributed by atoms with E-state index in [4.69, 9.17) is 9.84 Å². The molecule has 0 amide bonds. The van der Waals surface area contributed by atoms with Gasteiger partial charge in [-0.05, 0) is 6.42 Å². The third-order valence-electron chi connectivity index (χ3n) is 5.13. The second kappa shape index (κ2) is 13.7. The molecular weight excluding hydrogens is 320 g/mol. The van der Waals surface area contributed by atoms with Crippen LogP contribution in [0, 0.1) is 0 Å². The van der Waals surface area contributed by atoms with E-state index in [9.17, 15) is 15.0 Å². The molecule has 25 heavy (non-hydrogen) atoms. The molecule has 1 saturated heterocycles. The second-order valence-corrected chi connectivity index (χ2v) is 7.41. The number of unbranched alkanes of at least 4 members (excludes halogenated alkanes) is 10. The van der Waals surface area contributed by atoms with Crippen LogP contribution in [0.2, 0.25) is 0 Å². The van der Waals surface area contributed by atoms with Crippen LogP contribution in [-0.2, 0) is 9.53 Å². The number of aliphatic hydroxyl groups is 3. The van der Waals surface area contributed by atoms with E-state index in [1.54, 1.807) is 0 Å². The maximum Gasteiger partial charge on any atom is 0.135 e.